The maximum absolute atomic E-state index is 12.1. The molecule has 0 aromatic heterocycles. The molecule has 1 amide bonds. The fraction of sp³-hybridized carbons (Fsp3) is 0.500. The molecule has 1 atom stereocenters. The monoisotopic (exact) mass is 292 g/mol. The fourth-order valence-electron chi connectivity index (χ4n) is 1.69. The Kier molecular flexibility index (Phi) is 5.35. The number of anilines is 1. The van der Waals surface area contributed by atoms with Crippen LogP contribution in [0.25, 0.3) is 0 Å². The largest absolute Gasteiger partial charge is 0.480 e. The molecule has 1 aromatic carbocycles. The quantitative estimate of drug-likeness (QED) is 0.623. The molecular formula is C16H24N2O3. The Hall–Kier alpha value is -2.04. The number of ketones is 1. The summed E-state index contributed by atoms with van der Waals surface area (Å²) < 4.78 is 5.63. The summed E-state index contributed by atoms with van der Waals surface area (Å²) in [4.78, 5) is 23.7. The van der Waals surface area contributed by atoms with Gasteiger partial charge >= 0.3 is 0 Å². The topological polar surface area (TPSA) is 81.4 Å². The van der Waals surface area contributed by atoms with Crippen LogP contribution in [-0.2, 0) is 4.79 Å². The molecule has 5 nitrogen and oxygen atoms in total. The molecule has 0 fully saturated rings. The number of carbonyl (C=O) groups excluding carboxylic acids is 2. The zero-order valence-electron chi connectivity index (χ0n) is 13.3. The first-order valence-corrected chi connectivity index (χ1v) is 7.05. The van der Waals surface area contributed by atoms with E-state index in [1.54, 1.807) is 25.1 Å². The number of benzene rings is 1. The number of nitrogens with two attached hydrogens (primary N) is 1. The molecule has 1 aromatic rings. The first-order valence-electron chi connectivity index (χ1n) is 7.05. The number of nitrogens with one attached hydrogen (secondary N) is 1. The molecule has 3 N–H and O–H groups in total. The molecule has 116 valence electrons. The summed E-state index contributed by atoms with van der Waals surface area (Å²) in [5.41, 5.74) is 6.24. The van der Waals surface area contributed by atoms with Crippen molar-refractivity contribution in [3.63, 3.8) is 0 Å². The van der Waals surface area contributed by atoms with Crippen LogP contribution in [0.5, 0.6) is 5.75 Å². The molecule has 0 bridgehead atoms. The number of hydrogen-bond acceptors (Lipinski definition) is 4. The van der Waals surface area contributed by atoms with Crippen molar-refractivity contribution in [1.82, 2.24) is 5.32 Å². The summed E-state index contributed by atoms with van der Waals surface area (Å²) in [5.74, 6) is 0.000581. The number of ether oxygens (including phenoxy) is 1. The van der Waals surface area contributed by atoms with Crippen LogP contribution in [0.1, 0.15) is 51.4 Å². The lowest BCUT2D eigenvalue weighted by molar-refractivity contribution is -0.129. The van der Waals surface area contributed by atoms with Crippen molar-refractivity contribution in [3.05, 3.63) is 23.8 Å². The summed E-state index contributed by atoms with van der Waals surface area (Å²) >= 11 is 0. The van der Waals surface area contributed by atoms with E-state index in [-0.39, 0.29) is 17.2 Å². The van der Waals surface area contributed by atoms with E-state index in [1.165, 1.54) is 6.92 Å². The molecule has 0 heterocycles. The van der Waals surface area contributed by atoms with Gasteiger partial charge in [0, 0.05) is 11.2 Å². The van der Waals surface area contributed by atoms with Crippen LogP contribution in [0.4, 0.5) is 5.69 Å². The standard InChI is InChI=1S/C16H24N2O3/c1-6-16(4,5)18-15(20)11(3)21-14-8-7-12(17)9-13(14)10(2)19/h7-9,11H,6,17H2,1-5H3,(H,18,20). The average molecular weight is 292 g/mol. The normalized spacial score (nSPS) is 12.6. The van der Waals surface area contributed by atoms with E-state index in [0.717, 1.165) is 6.42 Å². The van der Waals surface area contributed by atoms with Crippen molar-refractivity contribution >= 4 is 17.4 Å². The van der Waals surface area contributed by atoms with Crippen molar-refractivity contribution in [2.24, 2.45) is 0 Å². The molecule has 0 aliphatic carbocycles. The van der Waals surface area contributed by atoms with E-state index < -0.39 is 6.10 Å². The minimum Gasteiger partial charge on any atom is -0.480 e. The van der Waals surface area contributed by atoms with Crippen LogP contribution in [0.3, 0.4) is 0 Å². The second kappa shape index (κ2) is 6.61. The summed E-state index contributed by atoms with van der Waals surface area (Å²) in [5, 5.41) is 2.91. The highest BCUT2D eigenvalue weighted by Gasteiger charge is 2.23. The van der Waals surface area contributed by atoms with Gasteiger partial charge in [0.25, 0.3) is 5.91 Å². The van der Waals surface area contributed by atoms with Crippen molar-refractivity contribution in [1.29, 1.82) is 0 Å². The third kappa shape index (κ3) is 4.77. The Morgan fingerprint density at radius 3 is 2.52 bits per heavy atom. The Morgan fingerprint density at radius 1 is 1.38 bits per heavy atom. The van der Waals surface area contributed by atoms with Crippen molar-refractivity contribution in [2.45, 2.75) is 52.7 Å². The van der Waals surface area contributed by atoms with E-state index in [0.29, 0.717) is 17.0 Å². The number of amides is 1. The lowest BCUT2D eigenvalue weighted by atomic mass is 10.0. The van der Waals surface area contributed by atoms with Crippen LogP contribution in [0.15, 0.2) is 18.2 Å². The van der Waals surface area contributed by atoms with E-state index in [1.807, 2.05) is 20.8 Å². The highest BCUT2D eigenvalue weighted by molar-refractivity contribution is 5.97. The molecule has 0 saturated carbocycles. The molecule has 1 unspecified atom stereocenters. The zero-order chi connectivity index (χ0) is 16.2. The maximum atomic E-state index is 12.1. The lowest BCUT2D eigenvalue weighted by Crippen LogP contribution is -2.48. The molecule has 0 saturated heterocycles. The first kappa shape index (κ1) is 17.0. The lowest BCUT2D eigenvalue weighted by Gasteiger charge is -2.27. The van der Waals surface area contributed by atoms with Gasteiger partial charge in [-0.3, -0.25) is 9.59 Å². The molecule has 0 aliphatic heterocycles. The van der Waals surface area contributed by atoms with Gasteiger partial charge in [-0.25, -0.2) is 0 Å². The smallest absolute Gasteiger partial charge is 0.261 e. The third-order valence-electron chi connectivity index (χ3n) is 3.40. The summed E-state index contributed by atoms with van der Waals surface area (Å²) in [6.07, 6.45) is 0.115. The molecule has 0 aliphatic rings. The maximum Gasteiger partial charge on any atom is 0.261 e. The third-order valence-corrected chi connectivity index (χ3v) is 3.40. The summed E-state index contributed by atoms with van der Waals surface area (Å²) in [6.45, 7) is 8.98. The number of hydrogen-bond donors (Lipinski definition) is 2. The molecule has 21 heavy (non-hydrogen) atoms. The van der Waals surface area contributed by atoms with E-state index in [4.69, 9.17) is 10.5 Å². The number of Topliss-reactive ketones (excluding diaryl/α,β-unsaturated/α-hetero) is 1. The molecule has 1 rings (SSSR count). The highest BCUT2D eigenvalue weighted by atomic mass is 16.5. The number of nitrogen functional groups attached to an aromatic ring is 1. The van der Waals surface area contributed by atoms with Crippen LogP contribution in [0.2, 0.25) is 0 Å². The van der Waals surface area contributed by atoms with Gasteiger partial charge in [-0.05, 0) is 52.3 Å². The van der Waals surface area contributed by atoms with Crippen molar-refractivity contribution in [2.75, 3.05) is 5.73 Å². The van der Waals surface area contributed by atoms with E-state index in [2.05, 4.69) is 5.32 Å². The van der Waals surface area contributed by atoms with Crippen molar-refractivity contribution < 1.29 is 14.3 Å². The van der Waals surface area contributed by atoms with Gasteiger partial charge in [-0.2, -0.15) is 0 Å². The van der Waals surface area contributed by atoms with E-state index >= 15 is 0 Å². The predicted molar refractivity (Wildman–Crippen MR) is 83.5 cm³/mol. The van der Waals surface area contributed by atoms with Gasteiger partial charge in [-0.1, -0.05) is 6.92 Å². The average Bonchev–Trinajstić information content (AvgIpc) is 2.40. The molecular weight excluding hydrogens is 268 g/mol. The Bertz CT molecular complexity index is 538. The van der Waals surface area contributed by atoms with Crippen molar-refractivity contribution in [3.8, 4) is 5.75 Å². The Balaban J connectivity index is 2.86. The van der Waals surface area contributed by atoms with Crippen LogP contribution in [-0.4, -0.2) is 23.3 Å². The second-order valence-electron chi connectivity index (χ2n) is 5.80. The van der Waals surface area contributed by atoms with Gasteiger partial charge in [0.2, 0.25) is 0 Å². The molecule has 0 radical (unpaired) electrons. The fourth-order valence-corrected chi connectivity index (χ4v) is 1.69. The number of carbonyl (C=O) groups is 2. The Morgan fingerprint density at radius 2 is 2.00 bits per heavy atom. The van der Waals surface area contributed by atoms with Gasteiger partial charge in [0.05, 0.1) is 5.56 Å². The summed E-state index contributed by atoms with van der Waals surface area (Å²) in [6, 6.07) is 4.81. The van der Waals surface area contributed by atoms with E-state index in [9.17, 15) is 9.59 Å². The van der Waals surface area contributed by atoms with Gasteiger partial charge < -0.3 is 15.8 Å². The van der Waals surface area contributed by atoms with Gasteiger partial charge in [-0.15, -0.1) is 0 Å². The summed E-state index contributed by atoms with van der Waals surface area (Å²) in [7, 11) is 0. The Labute approximate surface area is 125 Å². The highest BCUT2D eigenvalue weighted by Crippen LogP contribution is 2.23. The first-order chi connectivity index (χ1) is 9.66. The molecule has 0 spiro atoms. The van der Waals surface area contributed by atoms with Crippen LogP contribution >= 0.6 is 0 Å². The van der Waals surface area contributed by atoms with Crippen LogP contribution < -0.4 is 15.8 Å². The SMILES string of the molecule is CCC(C)(C)NC(=O)C(C)Oc1ccc(N)cc1C(C)=O. The zero-order valence-corrected chi connectivity index (χ0v) is 13.3. The minimum atomic E-state index is -0.697. The second-order valence-corrected chi connectivity index (χ2v) is 5.80. The minimum absolute atomic E-state index is 0.154. The van der Waals surface area contributed by atoms with Gasteiger partial charge in [0.1, 0.15) is 5.75 Å². The van der Waals surface area contributed by atoms with Gasteiger partial charge in [0.15, 0.2) is 11.9 Å². The van der Waals surface area contributed by atoms with Crippen LogP contribution in [0, 0.1) is 0 Å². The predicted octanol–water partition coefficient (Wildman–Crippen LogP) is 2.54. The number of rotatable bonds is 6. The molecule has 5 heteroatoms.